The molecule has 1 aromatic carbocycles. The van der Waals surface area contributed by atoms with Crippen LogP contribution >= 0.6 is 11.3 Å². The number of amides is 1. The smallest absolute Gasteiger partial charge is 0.305 e. The number of aryl methyl sites for hydroxylation is 2. The van der Waals surface area contributed by atoms with E-state index < -0.39 is 12.0 Å². The molecule has 0 saturated carbocycles. The Kier molecular flexibility index (Phi) is 5.72. The van der Waals surface area contributed by atoms with Crippen LogP contribution < -0.4 is 5.32 Å². The number of carboxylic acids is 1. The van der Waals surface area contributed by atoms with Gasteiger partial charge in [0, 0.05) is 11.3 Å². The third kappa shape index (κ3) is 5.00. The summed E-state index contributed by atoms with van der Waals surface area (Å²) in [6.45, 7) is 1.97. The molecule has 116 valence electrons. The average Bonchev–Trinajstić information content (AvgIpc) is 2.98. The maximum atomic E-state index is 12.1. The Bertz CT molecular complexity index is 620. The zero-order valence-electron chi connectivity index (χ0n) is 12.4. The molecule has 0 spiro atoms. The molecule has 4 nitrogen and oxygen atoms in total. The van der Waals surface area contributed by atoms with Crippen molar-refractivity contribution in [3.8, 4) is 0 Å². The van der Waals surface area contributed by atoms with E-state index >= 15 is 0 Å². The molecule has 0 saturated heterocycles. The second-order valence-electron chi connectivity index (χ2n) is 5.21. The van der Waals surface area contributed by atoms with Gasteiger partial charge in [-0.2, -0.15) is 0 Å². The Labute approximate surface area is 133 Å². The van der Waals surface area contributed by atoms with E-state index in [0.29, 0.717) is 12.8 Å². The van der Waals surface area contributed by atoms with Crippen molar-refractivity contribution in [2.24, 2.45) is 0 Å². The summed E-state index contributed by atoms with van der Waals surface area (Å²) in [5.41, 5.74) is 1.92. The van der Waals surface area contributed by atoms with Gasteiger partial charge in [0.05, 0.1) is 12.5 Å². The molecular formula is C17H19NO3S. The average molecular weight is 317 g/mol. The number of carboxylic acid groups (broad SMARTS) is 1. The normalized spacial score (nSPS) is 11.9. The van der Waals surface area contributed by atoms with Crippen LogP contribution in [-0.2, 0) is 16.0 Å². The molecule has 0 aliphatic rings. The first kappa shape index (κ1) is 16.2. The minimum Gasteiger partial charge on any atom is -0.481 e. The number of thiophene rings is 1. The van der Waals surface area contributed by atoms with Gasteiger partial charge in [-0.05, 0) is 30.4 Å². The number of benzene rings is 1. The van der Waals surface area contributed by atoms with Gasteiger partial charge in [-0.15, -0.1) is 11.3 Å². The van der Waals surface area contributed by atoms with Gasteiger partial charge < -0.3 is 10.4 Å². The Morgan fingerprint density at radius 2 is 1.95 bits per heavy atom. The largest absolute Gasteiger partial charge is 0.481 e. The molecule has 1 heterocycles. The topological polar surface area (TPSA) is 66.4 Å². The standard InChI is InChI=1S/C17H19NO3S/c1-12-4-6-13(7-5-12)15(11-17(20)21)18-16(19)9-8-14-3-2-10-22-14/h2-7,10,15H,8-9,11H2,1H3,(H,18,19)(H,20,21)/t15-/m1/s1. The number of hydrogen-bond acceptors (Lipinski definition) is 3. The lowest BCUT2D eigenvalue weighted by atomic mass is 10.0. The van der Waals surface area contributed by atoms with E-state index in [2.05, 4.69) is 5.32 Å². The monoisotopic (exact) mass is 317 g/mol. The second kappa shape index (κ2) is 7.75. The van der Waals surface area contributed by atoms with Crippen molar-refractivity contribution in [2.45, 2.75) is 32.2 Å². The van der Waals surface area contributed by atoms with Gasteiger partial charge in [-0.1, -0.05) is 35.9 Å². The summed E-state index contributed by atoms with van der Waals surface area (Å²) in [5, 5.41) is 13.9. The Morgan fingerprint density at radius 3 is 2.55 bits per heavy atom. The summed E-state index contributed by atoms with van der Waals surface area (Å²) >= 11 is 1.62. The van der Waals surface area contributed by atoms with E-state index in [1.54, 1.807) is 11.3 Å². The van der Waals surface area contributed by atoms with E-state index in [1.807, 2.05) is 48.7 Å². The van der Waals surface area contributed by atoms with Gasteiger partial charge in [0.25, 0.3) is 0 Å². The molecule has 1 amide bonds. The predicted molar refractivity (Wildman–Crippen MR) is 87.0 cm³/mol. The highest BCUT2D eigenvalue weighted by molar-refractivity contribution is 7.09. The number of hydrogen-bond donors (Lipinski definition) is 2. The van der Waals surface area contributed by atoms with Crippen LogP contribution in [0, 0.1) is 6.92 Å². The van der Waals surface area contributed by atoms with Crippen molar-refractivity contribution in [1.82, 2.24) is 5.32 Å². The van der Waals surface area contributed by atoms with Crippen molar-refractivity contribution in [1.29, 1.82) is 0 Å². The molecule has 0 aliphatic carbocycles. The third-order valence-corrected chi connectivity index (χ3v) is 4.31. The maximum Gasteiger partial charge on any atom is 0.305 e. The van der Waals surface area contributed by atoms with Crippen molar-refractivity contribution in [3.63, 3.8) is 0 Å². The highest BCUT2D eigenvalue weighted by Crippen LogP contribution is 2.18. The maximum absolute atomic E-state index is 12.1. The molecule has 1 atom stereocenters. The van der Waals surface area contributed by atoms with Crippen LogP contribution in [0.1, 0.15) is 34.9 Å². The molecule has 1 aromatic heterocycles. The fourth-order valence-corrected chi connectivity index (χ4v) is 2.89. The lowest BCUT2D eigenvalue weighted by molar-refractivity contribution is -0.137. The summed E-state index contributed by atoms with van der Waals surface area (Å²) in [6.07, 6.45) is 0.924. The fourth-order valence-electron chi connectivity index (χ4n) is 2.18. The van der Waals surface area contributed by atoms with Crippen LogP contribution in [0.25, 0.3) is 0 Å². The number of carbonyl (C=O) groups excluding carboxylic acids is 1. The van der Waals surface area contributed by atoms with E-state index in [-0.39, 0.29) is 12.3 Å². The van der Waals surface area contributed by atoms with Crippen LogP contribution in [0.3, 0.4) is 0 Å². The highest BCUT2D eigenvalue weighted by atomic mass is 32.1. The Balaban J connectivity index is 1.98. The van der Waals surface area contributed by atoms with Crippen LogP contribution in [0.15, 0.2) is 41.8 Å². The van der Waals surface area contributed by atoms with Crippen molar-refractivity contribution >= 4 is 23.2 Å². The predicted octanol–water partition coefficient (Wildman–Crippen LogP) is 3.32. The second-order valence-corrected chi connectivity index (χ2v) is 6.24. The molecule has 2 N–H and O–H groups in total. The first-order valence-corrected chi connectivity index (χ1v) is 8.02. The summed E-state index contributed by atoms with van der Waals surface area (Å²) in [7, 11) is 0. The van der Waals surface area contributed by atoms with Gasteiger partial charge in [-0.25, -0.2) is 0 Å². The van der Waals surface area contributed by atoms with E-state index in [1.165, 1.54) is 0 Å². The molecule has 0 unspecified atom stereocenters. The molecular weight excluding hydrogens is 298 g/mol. The molecule has 2 rings (SSSR count). The first-order valence-electron chi connectivity index (χ1n) is 7.14. The summed E-state index contributed by atoms with van der Waals surface area (Å²) in [5.74, 6) is -1.05. The Hall–Kier alpha value is -2.14. The SMILES string of the molecule is Cc1ccc([C@@H](CC(=O)O)NC(=O)CCc2cccs2)cc1. The van der Waals surface area contributed by atoms with Crippen LogP contribution in [0.2, 0.25) is 0 Å². The lowest BCUT2D eigenvalue weighted by Crippen LogP contribution is -2.30. The molecule has 0 bridgehead atoms. The summed E-state index contributed by atoms with van der Waals surface area (Å²) in [6, 6.07) is 11.0. The van der Waals surface area contributed by atoms with Crippen molar-refractivity contribution in [2.75, 3.05) is 0 Å². The van der Waals surface area contributed by atoms with Gasteiger partial charge >= 0.3 is 5.97 Å². The van der Waals surface area contributed by atoms with E-state index in [4.69, 9.17) is 5.11 Å². The molecule has 0 aliphatic heterocycles. The van der Waals surface area contributed by atoms with Gasteiger partial charge in [-0.3, -0.25) is 9.59 Å². The number of aliphatic carboxylic acids is 1. The lowest BCUT2D eigenvalue weighted by Gasteiger charge is -2.17. The van der Waals surface area contributed by atoms with Gasteiger partial charge in [0.2, 0.25) is 5.91 Å². The quantitative estimate of drug-likeness (QED) is 0.823. The van der Waals surface area contributed by atoms with Crippen LogP contribution in [0.5, 0.6) is 0 Å². The Morgan fingerprint density at radius 1 is 1.23 bits per heavy atom. The highest BCUT2D eigenvalue weighted by Gasteiger charge is 2.18. The third-order valence-electron chi connectivity index (χ3n) is 3.37. The van der Waals surface area contributed by atoms with Crippen molar-refractivity contribution in [3.05, 3.63) is 57.8 Å². The summed E-state index contributed by atoms with van der Waals surface area (Å²) < 4.78 is 0. The summed E-state index contributed by atoms with van der Waals surface area (Å²) in [4.78, 5) is 24.3. The minimum absolute atomic E-state index is 0.117. The molecule has 0 fully saturated rings. The van der Waals surface area contributed by atoms with Gasteiger partial charge in [0.15, 0.2) is 0 Å². The van der Waals surface area contributed by atoms with E-state index in [0.717, 1.165) is 16.0 Å². The van der Waals surface area contributed by atoms with Crippen LogP contribution in [-0.4, -0.2) is 17.0 Å². The number of nitrogens with one attached hydrogen (secondary N) is 1. The van der Waals surface area contributed by atoms with Crippen molar-refractivity contribution < 1.29 is 14.7 Å². The zero-order valence-corrected chi connectivity index (χ0v) is 13.2. The number of carbonyl (C=O) groups is 2. The van der Waals surface area contributed by atoms with E-state index in [9.17, 15) is 9.59 Å². The number of rotatable bonds is 7. The first-order chi connectivity index (χ1) is 10.5. The molecule has 2 aromatic rings. The fraction of sp³-hybridized carbons (Fsp3) is 0.294. The minimum atomic E-state index is -0.927. The van der Waals surface area contributed by atoms with Gasteiger partial charge in [0.1, 0.15) is 0 Å². The zero-order chi connectivity index (χ0) is 15.9. The van der Waals surface area contributed by atoms with Crippen LogP contribution in [0.4, 0.5) is 0 Å². The molecule has 0 radical (unpaired) electrons. The molecule has 5 heteroatoms. The molecule has 22 heavy (non-hydrogen) atoms.